The number of ether oxygens (including phenoxy) is 1. The molecule has 100 valence electrons. The second-order valence-electron chi connectivity index (χ2n) is 6.27. The van der Waals surface area contributed by atoms with E-state index in [1.165, 1.54) is 0 Å². The molecule has 1 N–H and O–H groups in total. The zero-order chi connectivity index (χ0) is 13.4. The van der Waals surface area contributed by atoms with Crippen LogP contribution in [0.5, 0.6) is 0 Å². The van der Waals surface area contributed by atoms with E-state index in [0.29, 0.717) is 5.82 Å². The van der Waals surface area contributed by atoms with Gasteiger partial charge >= 0.3 is 0 Å². The minimum absolute atomic E-state index is 0.0969. The van der Waals surface area contributed by atoms with E-state index in [-0.39, 0.29) is 11.0 Å². The van der Waals surface area contributed by atoms with Crippen LogP contribution in [0.3, 0.4) is 0 Å². The molecule has 0 saturated carbocycles. The average Bonchev–Trinajstić information content (AvgIpc) is 2.28. The van der Waals surface area contributed by atoms with Gasteiger partial charge in [0.25, 0.3) is 5.56 Å². The van der Waals surface area contributed by atoms with Crippen LogP contribution in [-0.4, -0.2) is 16.6 Å². The molecule has 0 spiro atoms. The van der Waals surface area contributed by atoms with Crippen LogP contribution in [0.15, 0.2) is 10.9 Å². The summed E-state index contributed by atoms with van der Waals surface area (Å²) in [5.41, 5.74) is 0.143. The zero-order valence-corrected chi connectivity index (χ0v) is 11.7. The highest BCUT2D eigenvalue weighted by atomic mass is 16.5. The maximum absolute atomic E-state index is 11.8. The molecule has 1 aromatic heterocycles. The predicted octanol–water partition coefficient (Wildman–Crippen LogP) is 2.48. The molecule has 0 radical (unpaired) electrons. The van der Waals surface area contributed by atoms with Crippen molar-refractivity contribution in [3.05, 3.63) is 27.9 Å². The van der Waals surface area contributed by atoms with Gasteiger partial charge in [0.15, 0.2) is 0 Å². The monoisotopic (exact) mass is 250 g/mol. The van der Waals surface area contributed by atoms with E-state index in [4.69, 9.17) is 4.74 Å². The van der Waals surface area contributed by atoms with Crippen LogP contribution >= 0.6 is 0 Å². The molecule has 4 nitrogen and oxygen atoms in total. The molecule has 1 aliphatic heterocycles. The van der Waals surface area contributed by atoms with Gasteiger partial charge in [-0.3, -0.25) is 4.79 Å². The standard InChI is InChI=1S/C14H22N2O2/c1-13(2,3)10-9-11(17)16-12(15-10)14(4)7-5-6-8-18-14/h9H,5-8H2,1-4H3,(H,15,16,17). The lowest BCUT2D eigenvalue weighted by Crippen LogP contribution is -2.35. The van der Waals surface area contributed by atoms with Gasteiger partial charge in [0.2, 0.25) is 0 Å². The Bertz CT molecular complexity index is 479. The molecule has 18 heavy (non-hydrogen) atoms. The van der Waals surface area contributed by atoms with Crippen molar-refractivity contribution >= 4 is 0 Å². The quantitative estimate of drug-likeness (QED) is 0.833. The van der Waals surface area contributed by atoms with Gasteiger partial charge in [0.1, 0.15) is 11.4 Å². The first kappa shape index (κ1) is 13.3. The number of hydrogen-bond donors (Lipinski definition) is 1. The molecule has 1 fully saturated rings. The van der Waals surface area contributed by atoms with E-state index < -0.39 is 5.60 Å². The maximum Gasteiger partial charge on any atom is 0.251 e. The van der Waals surface area contributed by atoms with E-state index in [9.17, 15) is 4.79 Å². The molecule has 2 rings (SSSR count). The van der Waals surface area contributed by atoms with Gasteiger partial charge in [-0.05, 0) is 26.2 Å². The summed E-state index contributed by atoms with van der Waals surface area (Å²) in [7, 11) is 0. The Kier molecular flexibility index (Phi) is 3.32. The number of aromatic amines is 1. The third-order valence-corrected chi connectivity index (χ3v) is 3.48. The Labute approximate surface area is 108 Å². The number of rotatable bonds is 1. The summed E-state index contributed by atoms with van der Waals surface area (Å²) in [5, 5.41) is 0. The van der Waals surface area contributed by atoms with E-state index >= 15 is 0 Å². The normalized spacial score (nSPS) is 25.1. The number of nitrogens with zero attached hydrogens (tertiary/aromatic N) is 1. The van der Waals surface area contributed by atoms with Crippen molar-refractivity contribution in [2.45, 2.75) is 58.0 Å². The molecule has 1 unspecified atom stereocenters. The molecular weight excluding hydrogens is 228 g/mol. The molecule has 1 atom stereocenters. The average molecular weight is 250 g/mol. The van der Waals surface area contributed by atoms with E-state index in [1.54, 1.807) is 6.07 Å². The number of H-pyrrole nitrogens is 1. The molecule has 4 heteroatoms. The number of aromatic nitrogens is 2. The molecule has 0 bridgehead atoms. The van der Waals surface area contributed by atoms with Crippen molar-refractivity contribution in [1.82, 2.24) is 9.97 Å². The number of nitrogens with one attached hydrogen (secondary N) is 1. The molecule has 1 aliphatic rings. The van der Waals surface area contributed by atoms with Gasteiger partial charge in [0.05, 0.1) is 5.69 Å². The van der Waals surface area contributed by atoms with Crippen LogP contribution in [0.2, 0.25) is 0 Å². The van der Waals surface area contributed by atoms with Crippen LogP contribution in [-0.2, 0) is 15.8 Å². The fourth-order valence-corrected chi connectivity index (χ4v) is 2.21. The largest absolute Gasteiger partial charge is 0.367 e. The Hall–Kier alpha value is -1.16. The van der Waals surface area contributed by atoms with Crippen LogP contribution < -0.4 is 5.56 Å². The summed E-state index contributed by atoms with van der Waals surface area (Å²) in [4.78, 5) is 19.2. The molecule has 2 heterocycles. The van der Waals surface area contributed by atoms with Crippen LogP contribution in [0.4, 0.5) is 0 Å². The van der Waals surface area contributed by atoms with Gasteiger partial charge in [-0.25, -0.2) is 4.98 Å². The van der Waals surface area contributed by atoms with Crippen LogP contribution in [0.25, 0.3) is 0 Å². The second kappa shape index (κ2) is 4.50. The second-order valence-corrected chi connectivity index (χ2v) is 6.27. The van der Waals surface area contributed by atoms with Gasteiger partial charge in [-0.2, -0.15) is 0 Å². The van der Waals surface area contributed by atoms with Gasteiger partial charge in [0, 0.05) is 18.1 Å². The van der Waals surface area contributed by atoms with Crippen LogP contribution in [0.1, 0.15) is 58.5 Å². The topological polar surface area (TPSA) is 55.0 Å². The molecule has 0 aliphatic carbocycles. The molecule has 0 aromatic carbocycles. The predicted molar refractivity (Wildman–Crippen MR) is 70.7 cm³/mol. The Balaban J connectivity index is 2.45. The first-order valence-corrected chi connectivity index (χ1v) is 6.58. The fourth-order valence-electron chi connectivity index (χ4n) is 2.21. The van der Waals surface area contributed by atoms with E-state index in [1.807, 2.05) is 6.92 Å². The minimum Gasteiger partial charge on any atom is -0.367 e. The maximum atomic E-state index is 11.8. The van der Waals surface area contributed by atoms with E-state index in [0.717, 1.165) is 31.6 Å². The molecule has 0 amide bonds. The van der Waals surface area contributed by atoms with Gasteiger partial charge in [-0.15, -0.1) is 0 Å². The van der Waals surface area contributed by atoms with Gasteiger partial charge < -0.3 is 9.72 Å². The lowest BCUT2D eigenvalue weighted by Gasteiger charge is -2.33. The molecular formula is C14H22N2O2. The van der Waals surface area contributed by atoms with Crippen molar-refractivity contribution < 1.29 is 4.74 Å². The highest BCUT2D eigenvalue weighted by Crippen LogP contribution is 2.32. The highest BCUT2D eigenvalue weighted by molar-refractivity contribution is 5.15. The molecule has 1 saturated heterocycles. The summed E-state index contributed by atoms with van der Waals surface area (Å²) in [6, 6.07) is 1.58. The highest BCUT2D eigenvalue weighted by Gasteiger charge is 2.33. The van der Waals surface area contributed by atoms with Crippen molar-refractivity contribution in [3.63, 3.8) is 0 Å². The van der Waals surface area contributed by atoms with E-state index in [2.05, 4.69) is 30.7 Å². The number of hydrogen-bond acceptors (Lipinski definition) is 3. The Morgan fingerprint density at radius 3 is 2.67 bits per heavy atom. The Morgan fingerprint density at radius 1 is 1.39 bits per heavy atom. The third kappa shape index (κ3) is 2.64. The third-order valence-electron chi connectivity index (χ3n) is 3.48. The smallest absolute Gasteiger partial charge is 0.251 e. The van der Waals surface area contributed by atoms with Crippen molar-refractivity contribution in [2.24, 2.45) is 0 Å². The van der Waals surface area contributed by atoms with Crippen molar-refractivity contribution in [1.29, 1.82) is 0 Å². The molecule has 1 aromatic rings. The lowest BCUT2D eigenvalue weighted by atomic mass is 9.90. The summed E-state index contributed by atoms with van der Waals surface area (Å²) in [6.07, 6.45) is 3.10. The summed E-state index contributed by atoms with van der Waals surface area (Å²) < 4.78 is 5.84. The first-order chi connectivity index (χ1) is 8.31. The summed E-state index contributed by atoms with van der Waals surface area (Å²) >= 11 is 0. The van der Waals surface area contributed by atoms with Crippen molar-refractivity contribution in [3.8, 4) is 0 Å². The summed E-state index contributed by atoms with van der Waals surface area (Å²) in [5.74, 6) is 0.666. The zero-order valence-electron chi connectivity index (χ0n) is 11.7. The minimum atomic E-state index is -0.446. The van der Waals surface area contributed by atoms with Crippen LogP contribution in [0, 0.1) is 0 Å². The van der Waals surface area contributed by atoms with Gasteiger partial charge in [-0.1, -0.05) is 20.8 Å². The first-order valence-electron chi connectivity index (χ1n) is 6.58. The lowest BCUT2D eigenvalue weighted by molar-refractivity contribution is -0.0763. The van der Waals surface area contributed by atoms with Crippen molar-refractivity contribution in [2.75, 3.05) is 6.61 Å². The fraction of sp³-hybridized carbons (Fsp3) is 0.714. The summed E-state index contributed by atoms with van der Waals surface area (Å²) in [6.45, 7) is 8.92. The SMILES string of the molecule is CC(C)(C)c1cc(=O)[nH]c(C2(C)CCCCO2)n1. The Morgan fingerprint density at radius 2 is 2.11 bits per heavy atom.